The van der Waals surface area contributed by atoms with E-state index in [-0.39, 0.29) is 22.7 Å². The Kier molecular flexibility index (Phi) is 5.18. The van der Waals surface area contributed by atoms with Gasteiger partial charge < -0.3 is 14.8 Å². The van der Waals surface area contributed by atoms with Crippen LogP contribution in [0.1, 0.15) is 16.5 Å². The number of aryl methyl sites for hydroxylation is 1. The third-order valence-electron chi connectivity index (χ3n) is 5.80. The standard InChI is InChI=1S/C25H21ClN4O3/c1-29-10-9-16-11-18(7-8-21(16)29)30-24(27-28-25(30)33)19-12-17(22(31)14-23(19)32)13-20(26)15-5-3-2-4-6-15/h2-12,14,20,31-32H,13H2,1H3,(H,28,33). The summed E-state index contributed by atoms with van der Waals surface area (Å²) in [5.41, 5.74) is 2.96. The summed E-state index contributed by atoms with van der Waals surface area (Å²) in [4.78, 5) is 12.7. The molecule has 0 aliphatic rings. The number of halogens is 1. The van der Waals surface area contributed by atoms with E-state index >= 15 is 0 Å². The number of nitrogens with one attached hydrogen (secondary N) is 1. The lowest BCUT2D eigenvalue weighted by atomic mass is 10.00. The van der Waals surface area contributed by atoms with Crippen molar-refractivity contribution in [1.82, 2.24) is 19.3 Å². The van der Waals surface area contributed by atoms with E-state index < -0.39 is 5.69 Å². The van der Waals surface area contributed by atoms with Gasteiger partial charge in [-0.05, 0) is 47.9 Å². The maximum Gasteiger partial charge on any atom is 0.348 e. The Morgan fingerprint density at radius 1 is 1.03 bits per heavy atom. The lowest BCUT2D eigenvalue weighted by Gasteiger charge is -2.14. The molecular weight excluding hydrogens is 440 g/mol. The summed E-state index contributed by atoms with van der Waals surface area (Å²) in [6, 6.07) is 20.0. The Bertz CT molecular complexity index is 1520. The molecule has 0 bridgehead atoms. The van der Waals surface area contributed by atoms with Crippen molar-refractivity contribution in [1.29, 1.82) is 0 Å². The fraction of sp³-hybridized carbons (Fsp3) is 0.120. The van der Waals surface area contributed by atoms with Crippen molar-refractivity contribution in [2.45, 2.75) is 11.8 Å². The highest BCUT2D eigenvalue weighted by molar-refractivity contribution is 6.21. The number of nitrogens with zero attached hydrogens (tertiary/aromatic N) is 3. The minimum atomic E-state index is -0.436. The van der Waals surface area contributed by atoms with Crippen LogP contribution >= 0.6 is 11.6 Å². The van der Waals surface area contributed by atoms with Crippen molar-refractivity contribution in [3.05, 3.63) is 94.5 Å². The van der Waals surface area contributed by atoms with Crippen molar-refractivity contribution in [3.8, 4) is 28.6 Å². The van der Waals surface area contributed by atoms with E-state index in [9.17, 15) is 15.0 Å². The number of fused-ring (bicyclic) bond motifs is 1. The zero-order chi connectivity index (χ0) is 23.1. The molecule has 0 saturated heterocycles. The van der Waals surface area contributed by atoms with Gasteiger partial charge in [0.2, 0.25) is 0 Å². The van der Waals surface area contributed by atoms with Crippen LogP contribution in [0.15, 0.2) is 77.7 Å². The number of hydrogen-bond donors (Lipinski definition) is 3. The predicted molar refractivity (Wildman–Crippen MR) is 128 cm³/mol. The molecule has 3 N–H and O–H groups in total. The molecule has 0 fully saturated rings. The van der Waals surface area contributed by atoms with Crippen molar-refractivity contribution in [2.75, 3.05) is 0 Å². The van der Waals surface area contributed by atoms with Crippen LogP contribution in [0.2, 0.25) is 0 Å². The zero-order valence-corrected chi connectivity index (χ0v) is 18.5. The van der Waals surface area contributed by atoms with Gasteiger partial charge in [0, 0.05) is 30.2 Å². The highest BCUT2D eigenvalue weighted by atomic mass is 35.5. The van der Waals surface area contributed by atoms with Crippen LogP contribution in [0.25, 0.3) is 28.0 Å². The molecule has 5 rings (SSSR count). The smallest absolute Gasteiger partial charge is 0.348 e. The Labute approximate surface area is 194 Å². The monoisotopic (exact) mass is 460 g/mol. The maximum absolute atomic E-state index is 12.7. The van der Waals surface area contributed by atoms with E-state index in [1.54, 1.807) is 6.07 Å². The molecular formula is C25H21ClN4O3. The Hall–Kier alpha value is -3.97. The molecule has 0 aliphatic carbocycles. The predicted octanol–water partition coefficient (Wildman–Crippen LogP) is 4.65. The summed E-state index contributed by atoms with van der Waals surface area (Å²) in [7, 11) is 1.95. The van der Waals surface area contributed by atoms with E-state index in [1.165, 1.54) is 10.6 Å². The second-order valence-corrected chi connectivity index (χ2v) is 8.46. The lowest BCUT2D eigenvalue weighted by Crippen LogP contribution is -2.15. The summed E-state index contributed by atoms with van der Waals surface area (Å²) in [5, 5.41) is 28.3. The fourth-order valence-corrected chi connectivity index (χ4v) is 4.37. The number of hydrogen-bond acceptors (Lipinski definition) is 4. The number of alkyl halides is 1. The first kappa shape index (κ1) is 20.9. The number of phenolic OH excluding ortho intramolecular Hbond substituents is 2. The minimum Gasteiger partial charge on any atom is -0.508 e. The molecule has 33 heavy (non-hydrogen) atoms. The summed E-state index contributed by atoms with van der Waals surface area (Å²) < 4.78 is 3.39. The molecule has 5 aromatic rings. The minimum absolute atomic E-state index is 0.0760. The molecule has 3 aromatic carbocycles. The second-order valence-electron chi connectivity index (χ2n) is 7.94. The van der Waals surface area contributed by atoms with Gasteiger partial charge in [-0.25, -0.2) is 14.5 Å². The molecule has 0 radical (unpaired) electrons. The highest BCUT2D eigenvalue weighted by Crippen LogP contribution is 2.37. The number of aromatic amines is 1. The van der Waals surface area contributed by atoms with Gasteiger partial charge in [-0.1, -0.05) is 30.3 Å². The maximum atomic E-state index is 12.7. The quantitative estimate of drug-likeness (QED) is 0.332. The fourth-order valence-electron chi connectivity index (χ4n) is 4.06. The molecule has 0 saturated carbocycles. The number of aromatic nitrogens is 4. The SMILES string of the molecule is Cn1ccc2cc(-n3c(-c4cc(CC(Cl)c5ccccc5)c(O)cc4O)n[nH]c3=O)ccc21. The van der Waals surface area contributed by atoms with Crippen LogP contribution < -0.4 is 5.69 Å². The van der Waals surface area contributed by atoms with Crippen LogP contribution in [0.4, 0.5) is 0 Å². The average molecular weight is 461 g/mol. The first-order valence-corrected chi connectivity index (χ1v) is 10.8. The molecule has 1 atom stereocenters. The van der Waals surface area contributed by atoms with Crippen molar-refractivity contribution in [2.24, 2.45) is 7.05 Å². The zero-order valence-electron chi connectivity index (χ0n) is 17.7. The number of phenols is 2. The van der Waals surface area contributed by atoms with E-state index in [2.05, 4.69) is 10.2 Å². The summed E-state index contributed by atoms with van der Waals surface area (Å²) in [6.07, 6.45) is 2.27. The first-order valence-electron chi connectivity index (χ1n) is 10.4. The third kappa shape index (κ3) is 3.76. The number of benzene rings is 3. The van der Waals surface area contributed by atoms with E-state index in [1.807, 2.05) is 72.4 Å². The van der Waals surface area contributed by atoms with Crippen LogP contribution in [-0.4, -0.2) is 29.5 Å². The van der Waals surface area contributed by atoms with Gasteiger partial charge in [0.25, 0.3) is 0 Å². The van der Waals surface area contributed by atoms with Crippen LogP contribution in [0.3, 0.4) is 0 Å². The van der Waals surface area contributed by atoms with E-state index in [0.717, 1.165) is 16.5 Å². The second kappa shape index (κ2) is 8.18. The van der Waals surface area contributed by atoms with Gasteiger partial charge in [-0.2, -0.15) is 5.10 Å². The first-order chi connectivity index (χ1) is 15.9. The largest absolute Gasteiger partial charge is 0.508 e. The van der Waals surface area contributed by atoms with Gasteiger partial charge in [0.1, 0.15) is 11.5 Å². The molecule has 0 aliphatic heterocycles. The molecule has 2 aromatic heterocycles. The van der Waals surface area contributed by atoms with E-state index in [4.69, 9.17) is 11.6 Å². The number of rotatable bonds is 5. The van der Waals surface area contributed by atoms with Crippen molar-refractivity contribution < 1.29 is 10.2 Å². The van der Waals surface area contributed by atoms with Gasteiger partial charge in [0.05, 0.1) is 16.6 Å². The molecule has 1 unspecified atom stereocenters. The van der Waals surface area contributed by atoms with Gasteiger partial charge in [-0.15, -0.1) is 11.6 Å². The topological polar surface area (TPSA) is 96.1 Å². The molecule has 2 heterocycles. The summed E-state index contributed by atoms with van der Waals surface area (Å²) in [5.74, 6) is -0.0315. The van der Waals surface area contributed by atoms with Gasteiger partial charge in [-0.3, -0.25) is 0 Å². The van der Waals surface area contributed by atoms with Gasteiger partial charge in [0.15, 0.2) is 5.82 Å². The molecule has 0 amide bonds. The van der Waals surface area contributed by atoms with Crippen molar-refractivity contribution >= 4 is 22.5 Å². The molecule has 166 valence electrons. The van der Waals surface area contributed by atoms with Crippen LogP contribution in [0.5, 0.6) is 11.5 Å². The third-order valence-corrected chi connectivity index (χ3v) is 6.20. The number of aromatic hydroxyl groups is 2. The Morgan fingerprint density at radius 2 is 1.82 bits per heavy atom. The summed E-state index contributed by atoms with van der Waals surface area (Å²) in [6.45, 7) is 0. The normalized spacial score (nSPS) is 12.3. The van der Waals surface area contributed by atoms with Gasteiger partial charge >= 0.3 is 5.69 Å². The van der Waals surface area contributed by atoms with E-state index in [0.29, 0.717) is 23.2 Å². The summed E-state index contributed by atoms with van der Waals surface area (Å²) >= 11 is 6.59. The van der Waals surface area contributed by atoms with Crippen LogP contribution in [0, 0.1) is 0 Å². The highest BCUT2D eigenvalue weighted by Gasteiger charge is 2.20. The Balaban J connectivity index is 1.58. The molecule has 0 spiro atoms. The molecule has 8 heteroatoms. The molecule has 7 nitrogen and oxygen atoms in total. The Morgan fingerprint density at radius 3 is 2.61 bits per heavy atom. The van der Waals surface area contributed by atoms with Crippen molar-refractivity contribution in [3.63, 3.8) is 0 Å². The lowest BCUT2D eigenvalue weighted by molar-refractivity contribution is 0.446. The average Bonchev–Trinajstić information content (AvgIpc) is 3.38. The number of H-pyrrole nitrogens is 1. The van der Waals surface area contributed by atoms with Crippen LogP contribution in [-0.2, 0) is 13.5 Å².